The molecule has 3 aromatic rings. The third-order valence-electron chi connectivity index (χ3n) is 7.50. The van der Waals surface area contributed by atoms with Gasteiger partial charge in [-0.1, -0.05) is 53.6 Å². The average Bonchev–Trinajstić information content (AvgIpc) is 3.14. The molecule has 0 atom stereocenters. The Bertz CT molecular complexity index is 1290. The molecule has 2 N–H and O–H groups in total. The lowest BCUT2D eigenvalue weighted by Crippen LogP contribution is -2.52. The van der Waals surface area contributed by atoms with Gasteiger partial charge < -0.3 is 15.2 Å². The van der Waals surface area contributed by atoms with E-state index in [9.17, 15) is 9.90 Å². The second kappa shape index (κ2) is 8.52. The number of hydrogen-bond donors (Lipinski definition) is 2. The summed E-state index contributed by atoms with van der Waals surface area (Å²) >= 11 is 6.16. The molecule has 34 heavy (non-hydrogen) atoms. The van der Waals surface area contributed by atoms with Crippen molar-refractivity contribution in [3.63, 3.8) is 0 Å². The fourth-order valence-corrected chi connectivity index (χ4v) is 5.88. The molecular weight excluding hydrogens is 446 g/mol. The number of carboxylic acids is 1. The normalized spacial score (nSPS) is 23.3. The number of aryl methyl sites for hydroxylation is 1. The van der Waals surface area contributed by atoms with Gasteiger partial charge in [0, 0.05) is 16.1 Å². The van der Waals surface area contributed by atoms with Crippen molar-refractivity contribution in [2.75, 3.05) is 12.4 Å². The second-order valence-electron chi connectivity index (χ2n) is 9.49. The van der Waals surface area contributed by atoms with Crippen LogP contribution in [-0.2, 0) is 10.2 Å². The van der Waals surface area contributed by atoms with E-state index in [0.29, 0.717) is 30.7 Å². The molecule has 1 fully saturated rings. The van der Waals surface area contributed by atoms with Crippen LogP contribution in [0.5, 0.6) is 5.75 Å². The Balaban J connectivity index is 1.55. The zero-order valence-corrected chi connectivity index (χ0v) is 20.2. The predicted octanol–water partition coefficient (Wildman–Crippen LogP) is 6.96. The van der Waals surface area contributed by atoms with Crippen LogP contribution in [0.25, 0.3) is 11.6 Å². The van der Waals surface area contributed by atoms with Crippen molar-refractivity contribution in [3.05, 3.63) is 94.0 Å². The number of halogens is 1. The molecule has 0 saturated heterocycles. The van der Waals surface area contributed by atoms with E-state index in [1.807, 2.05) is 18.2 Å². The van der Waals surface area contributed by atoms with Gasteiger partial charge in [0.2, 0.25) is 0 Å². The predicted molar refractivity (Wildman–Crippen MR) is 138 cm³/mol. The summed E-state index contributed by atoms with van der Waals surface area (Å²) in [5, 5.41) is 14.2. The van der Waals surface area contributed by atoms with Crippen LogP contribution in [0.3, 0.4) is 0 Å². The summed E-state index contributed by atoms with van der Waals surface area (Å²) in [4.78, 5) is 12.6. The van der Waals surface area contributed by atoms with Crippen LogP contribution >= 0.6 is 11.6 Å². The highest BCUT2D eigenvalue weighted by molar-refractivity contribution is 6.30. The van der Waals surface area contributed by atoms with Crippen molar-refractivity contribution in [2.24, 2.45) is 0 Å². The van der Waals surface area contributed by atoms with E-state index < -0.39 is 11.5 Å². The van der Waals surface area contributed by atoms with Crippen LogP contribution < -0.4 is 10.1 Å². The van der Waals surface area contributed by atoms with Crippen molar-refractivity contribution >= 4 is 34.9 Å². The molecule has 0 amide bonds. The van der Waals surface area contributed by atoms with Crippen molar-refractivity contribution in [1.82, 2.24) is 0 Å². The molecule has 0 aromatic heterocycles. The lowest BCUT2D eigenvalue weighted by molar-refractivity contribution is -0.143. The maximum atomic E-state index is 12.6. The maximum Gasteiger partial charge on any atom is 0.329 e. The van der Waals surface area contributed by atoms with Gasteiger partial charge in [-0.25, -0.2) is 4.79 Å². The minimum Gasteiger partial charge on any atom is -0.497 e. The summed E-state index contributed by atoms with van der Waals surface area (Å²) in [5.41, 5.74) is 5.51. The number of anilines is 1. The number of nitrogens with one attached hydrogen (secondary N) is 1. The number of ether oxygens (including phenoxy) is 1. The standard InChI is InChI=1S/C29H28ClNO3/c1-19-5-3-6-20(15-19)25-16-21-9-10-24(34-2)18-26(21)28(25)11-13-29(14-12-28,27(32)33)31-23-8-4-7-22(30)17-23/h3-10,15-18,31H,11-14H2,1-2H3,(H,32,33). The lowest BCUT2D eigenvalue weighted by atomic mass is 9.61. The molecule has 0 unspecified atom stereocenters. The molecule has 0 heterocycles. The Morgan fingerprint density at radius 2 is 1.76 bits per heavy atom. The third-order valence-corrected chi connectivity index (χ3v) is 7.73. The fraction of sp³-hybridized carbons (Fsp3) is 0.276. The van der Waals surface area contributed by atoms with E-state index in [2.05, 4.69) is 54.7 Å². The average molecular weight is 474 g/mol. The minimum atomic E-state index is -1.05. The SMILES string of the molecule is COc1ccc2c(c1)C1(CCC(Nc3cccc(Cl)c3)(C(=O)O)CC1)C(c1cccc(C)c1)=C2. The van der Waals surface area contributed by atoms with Gasteiger partial charge in [0.05, 0.1) is 7.11 Å². The highest BCUT2D eigenvalue weighted by atomic mass is 35.5. The Hall–Kier alpha value is -3.24. The van der Waals surface area contributed by atoms with Crippen molar-refractivity contribution in [1.29, 1.82) is 0 Å². The van der Waals surface area contributed by atoms with E-state index >= 15 is 0 Å². The van der Waals surface area contributed by atoms with Crippen LogP contribution in [0.15, 0.2) is 66.7 Å². The van der Waals surface area contributed by atoms with E-state index in [4.69, 9.17) is 16.3 Å². The Morgan fingerprint density at radius 3 is 2.44 bits per heavy atom. The van der Waals surface area contributed by atoms with Crippen LogP contribution in [0.2, 0.25) is 5.02 Å². The van der Waals surface area contributed by atoms with Crippen LogP contribution in [0.1, 0.15) is 47.9 Å². The van der Waals surface area contributed by atoms with Gasteiger partial charge in [-0.3, -0.25) is 0 Å². The minimum absolute atomic E-state index is 0.257. The summed E-state index contributed by atoms with van der Waals surface area (Å²) in [5.74, 6) is -0.00332. The quantitative estimate of drug-likeness (QED) is 0.420. The molecule has 5 rings (SSSR count). The number of hydrogen-bond acceptors (Lipinski definition) is 3. The second-order valence-corrected chi connectivity index (χ2v) is 9.92. The molecule has 0 aliphatic heterocycles. The summed E-state index contributed by atoms with van der Waals surface area (Å²) in [6.45, 7) is 2.10. The number of carbonyl (C=O) groups is 1. The first-order valence-electron chi connectivity index (χ1n) is 11.6. The number of allylic oxidation sites excluding steroid dienone is 1. The van der Waals surface area contributed by atoms with Crippen molar-refractivity contribution in [3.8, 4) is 5.75 Å². The van der Waals surface area contributed by atoms with E-state index in [-0.39, 0.29) is 5.41 Å². The first-order valence-corrected chi connectivity index (χ1v) is 12.0. The summed E-state index contributed by atoms with van der Waals surface area (Å²) in [6, 6.07) is 22.1. The number of carboxylic acid groups (broad SMARTS) is 1. The van der Waals surface area contributed by atoms with E-state index in [1.165, 1.54) is 27.8 Å². The molecule has 174 valence electrons. The highest BCUT2D eigenvalue weighted by Gasteiger charge is 2.52. The Morgan fingerprint density at radius 1 is 1.00 bits per heavy atom. The number of rotatable bonds is 5. The topological polar surface area (TPSA) is 58.6 Å². The number of benzene rings is 3. The summed E-state index contributed by atoms with van der Waals surface area (Å²) < 4.78 is 5.56. The number of fused-ring (bicyclic) bond motifs is 2. The van der Waals surface area contributed by atoms with Gasteiger partial charge in [0.15, 0.2) is 0 Å². The zero-order chi connectivity index (χ0) is 23.9. The Kier molecular flexibility index (Phi) is 5.65. The Labute approximate surface area is 205 Å². The smallest absolute Gasteiger partial charge is 0.329 e. The monoisotopic (exact) mass is 473 g/mol. The summed E-state index contributed by atoms with van der Waals surface area (Å²) in [6.07, 6.45) is 4.70. The van der Waals surface area contributed by atoms with E-state index in [1.54, 1.807) is 19.2 Å². The molecule has 5 heteroatoms. The van der Waals surface area contributed by atoms with Crippen LogP contribution in [0.4, 0.5) is 5.69 Å². The van der Waals surface area contributed by atoms with E-state index in [0.717, 1.165) is 11.4 Å². The van der Waals surface area contributed by atoms with Crippen LogP contribution in [-0.4, -0.2) is 23.7 Å². The van der Waals surface area contributed by atoms with Crippen LogP contribution in [0, 0.1) is 6.92 Å². The molecule has 0 radical (unpaired) electrons. The molecule has 2 aliphatic carbocycles. The van der Waals surface area contributed by atoms with Gasteiger partial charge in [-0.2, -0.15) is 0 Å². The highest BCUT2D eigenvalue weighted by Crippen LogP contribution is 2.57. The zero-order valence-electron chi connectivity index (χ0n) is 19.4. The number of methoxy groups -OCH3 is 1. The number of aliphatic carboxylic acids is 1. The lowest BCUT2D eigenvalue weighted by Gasteiger charge is -2.45. The molecule has 2 aliphatic rings. The molecule has 1 saturated carbocycles. The van der Waals surface area contributed by atoms with Gasteiger partial charge in [0.1, 0.15) is 11.3 Å². The van der Waals surface area contributed by atoms with Gasteiger partial charge in [0.25, 0.3) is 0 Å². The third kappa shape index (κ3) is 3.76. The largest absolute Gasteiger partial charge is 0.497 e. The van der Waals surface area contributed by atoms with Crippen molar-refractivity contribution < 1.29 is 14.6 Å². The summed E-state index contributed by atoms with van der Waals surface area (Å²) in [7, 11) is 1.68. The molecule has 1 spiro atoms. The van der Waals surface area contributed by atoms with Gasteiger partial charge in [-0.05, 0) is 91.3 Å². The van der Waals surface area contributed by atoms with Gasteiger partial charge >= 0.3 is 5.97 Å². The first kappa shape index (κ1) is 22.5. The van der Waals surface area contributed by atoms with Crippen molar-refractivity contribution in [2.45, 2.75) is 43.6 Å². The van der Waals surface area contributed by atoms with Gasteiger partial charge in [-0.15, -0.1) is 0 Å². The molecule has 0 bridgehead atoms. The molecular formula is C29H28ClNO3. The molecule has 4 nitrogen and oxygen atoms in total. The fourth-order valence-electron chi connectivity index (χ4n) is 5.69. The first-order chi connectivity index (χ1) is 16.3. The molecule has 3 aromatic carbocycles. The maximum absolute atomic E-state index is 12.6.